The molecule has 5 unspecified atom stereocenters. The Bertz CT molecular complexity index is 366. The molecule has 8 atom stereocenters. The van der Waals surface area contributed by atoms with E-state index in [9.17, 15) is 25.5 Å². The van der Waals surface area contributed by atoms with E-state index >= 15 is 0 Å². The standard InChI is InChI=1S/C12H22O10/c13-2-5-1-7(16)12(4-15,21-5)22-11-10(19)9(18)8(17)6(3-14)20-11/h5-11,13-19H,1-4H2/t5-,6?,7-,8?,9?,10?,11?,12-/m0/s1. The van der Waals surface area contributed by atoms with Crippen LogP contribution >= 0.6 is 0 Å². The lowest BCUT2D eigenvalue weighted by Crippen LogP contribution is -2.62. The summed E-state index contributed by atoms with van der Waals surface area (Å²) in [5, 5.41) is 66.9. The molecule has 2 saturated heterocycles. The first kappa shape index (κ1) is 17.9. The molecule has 0 amide bonds. The van der Waals surface area contributed by atoms with Gasteiger partial charge in [0, 0.05) is 6.42 Å². The number of rotatable bonds is 5. The van der Waals surface area contributed by atoms with Crippen molar-refractivity contribution in [2.24, 2.45) is 0 Å². The third-order valence-corrected chi connectivity index (χ3v) is 3.95. The van der Waals surface area contributed by atoms with Crippen molar-refractivity contribution in [3.8, 4) is 0 Å². The van der Waals surface area contributed by atoms with Gasteiger partial charge < -0.3 is 50.0 Å². The van der Waals surface area contributed by atoms with E-state index in [0.717, 1.165) is 0 Å². The molecule has 10 heteroatoms. The quantitative estimate of drug-likeness (QED) is 0.262. The van der Waals surface area contributed by atoms with Crippen LogP contribution in [-0.4, -0.2) is 104 Å². The average Bonchev–Trinajstić information content (AvgIpc) is 2.84. The summed E-state index contributed by atoms with van der Waals surface area (Å²) in [6.45, 7) is -1.84. The van der Waals surface area contributed by atoms with Crippen LogP contribution in [0.3, 0.4) is 0 Å². The molecule has 0 aromatic heterocycles. The molecule has 7 N–H and O–H groups in total. The zero-order valence-corrected chi connectivity index (χ0v) is 11.7. The van der Waals surface area contributed by atoms with Gasteiger partial charge in [-0.3, -0.25) is 0 Å². The van der Waals surface area contributed by atoms with Crippen LogP contribution in [0.2, 0.25) is 0 Å². The molecule has 0 aromatic carbocycles. The molecule has 2 rings (SSSR count). The number of hydrogen-bond acceptors (Lipinski definition) is 10. The first-order valence-corrected chi connectivity index (χ1v) is 6.94. The molecule has 0 saturated carbocycles. The van der Waals surface area contributed by atoms with Gasteiger partial charge in [-0.1, -0.05) is 0 Å². The molecule has 0 aromatic rings. The normalized spacial score (nSPS) is 49.5. The molecule has 0 aliphatic carbocycles. The number of aliphatic hydroxyl groups is 7. The van der Waals surface area contributed by atoms with E-state index in [1.807, 2.05) is 0 Å². The van der Waals surface area contributed by atoms with E-state index in [2.05, 4.69) is 0 Å². The predicted molar refractivity (Wildman–Crippen MR) is 67.3 cm³/mol. The summed E-state index contributed by atoms with van der Waals surface area (Å²) < 4.78 is 15.7. The van der Waals surface area contributed by atoms with E-state index in [1.54, 1.807) is 0 Å². The molecular weight excluding hydrogens is 304 g/mol. The first-order valence-electron chi connectivity index (χ1n) is 6.94. The van der Waals surface area contributed by atoms with Crippen LogP contribution < -0.4 is 0 Å². The van der Waals surface area contributed by atoms with Crippen LogP contribution in [-0.2, 0) is 14.2 Å². The highest BCUT2D eigenvalue weighted by molar-refractivity contribution is 4.93. The second-order valence-corrected chi connectivity index (χ2v) is 5.46. The molecule has 2 aliphatic rings. The van der Waals surface area contributed by atoms with Gasteiger partial charge >= 0.3 is 0 Å². The first-order chi connectivity index (χ1) is 10.4. The fourth-order valence-corrected chi connectivity index (χ4v) is 2.60. The minimum atomic E-state index is -1.94. The Labute approximate surface area is 126 Å². The summed E-state index contributed by atoms with van der Waals surface area (Å²) in [5.74, 6) is -1.94. The fourth-order valence-electron chi connectivity index (χ4n) is 2.60. The number of hydrogen-bond donors (Lipinski definition) is 7. The molecule has 2 aliphatic heterocycles. The Hall–Kier alpha value is -0.400. The van der Waals surface area contributed by atoms with Crippen molar-refractivity contribution in [1.29, 1.82) is 0 Å². The summed E-state index contributed by atoms with van der Waals surface area (Å²) in [6, 6.07) is 0. The highest BCUT2D eigenvalue weighted by Gasteiger charge is 2.54. The van der Waals surface area contributed by atoms with Gasteiger partial charge in [0.25, 0.3) is 0 Å². The zero-order valence-electron chi connectivity index (χ0n) is 11.7. The van der Waals surface area contributed by atoms with Crippen molar-refractivity contribution in [2.45, 2.75) is 55.1 Å². The lowest BCUT2D eigenvalue weighted by molar-refractivity contribution is -0.383. The second-order valence-electron chi connectivity index (χ2n) is 5.46. The summed E-state index contributed by atoms with van der Waals surface area (Å²) in [7, 11) is 0. The molecule has 0 spiro atoms. The van der Waals surface area contributed by atoms with Crippen LogP contribution in [0.5, 0.6) is 0 Å². The van der Waals surface area contributed by atoms with Crippen molar-refractivity contribution in [2.75, 3.05) is 19.8 Å². The largest absolute Gasteiger partial charge is 0.394 e. The van der Waals surface area contributed by atoms with E-state index in [4.69, 9.17) is 24.4 Å². The molecule has 10 nitrogen and oxygen atoms in total. The molecule has 22 heavy (non-hydrogen) atoms. The highest BCUT2D eigenvalue weighted by Crippen LogP contribution is 2.35. The third kappa shape index (κ3) is 3.12. The Morgan fingerprint density at radius 3 is 2.14 bits per heavy atom. The van der Waals surface area contributed by atoms with Gasteiger partial charge in [0.1, 0.15) is 37.1 Å². The van der Waals surface area contributed by atoms with Crippen LogP contribution in [0, 0.1) is 0 Å². The van der Waals surface area contributed by atoms with E-state index in [-0.39, 0.29) is 6.42 Å². The van der Waals surface area contributed by atoms with Crippen molar-refractivity contribution in [1.82, 2.24) is 0 Å². The topological polar surface area (TPSA) is 169 Å². The summed E-state index contributed by atoms with van der Waals surface area (Å²) >= 11 is 0. The van der Waals surface area contributed by atoms with Crippen LogP contribution in [0.15, 0.2) is 0 Å². The minimum Gasteiger partial charge on any atom is -0.394 e. The van der Waals surface area contributed by atoms with E-state index < -0.39 is 68.5 Å². The van der Waals surface area contributed by atoms with Crippen molar-refractivity contribution < 1.29 is 50.0 Å². The van der Waals surface area contributed by atoms with Crippen LogP contribution in [0.25, 0.3) is 0 Å². The summed E-state index contributed by atoms with van der Waals surface area (Å²) in [5.41, 5.74) is 0. The fraction of sp³-hybridized carbons (Fsp3) is 1.00. The second kappa shape index (κ2) is 7.01. The number of ether oxygens (including phenoxy) is 3. The zero-order chi connectivity index (χ0) is 16.5. The smallest absolute Gasteiger partial charge is 0.221 e. The van der Waals surface area contributed by atoms with Gasteiger partial charge in [0.05, 0.1) is 19.3 Å². The van der Waals surface area contributed by atoms with Crippen molar-refractivity contribution in [3.05, 3.63) is 0 Å². The lowest BCUT2D eigenvalue weighted by atomic mass is 9.99. The Morgan fingerprint density at radius 2 is 1.64 bits per heavy atom. The van der Waals surface area contributed by atoms with Gasteiger partial charge in [-0.15, -0.1) is 0 Å². The maximum absolute atomic E-state index is 9.98. The van der Waals surface area contributed by atoms with E-state index in [1.165, 1.54) is 0 Å². The van der Waals surface area contributed by atoms with E-state index in [0.29, 0.717) is 0 Å². The maximum Gasteiger partial charge on any atom is 0.221 e. The summed E-state index contributed by atoms with van der Waals surface area (Å²) in [4.78, 5) is 0. The monoisotopic (exact) mass is 326 g/mol. The molecule has 0 bridgehead atoms. The van der Waals surface area contributed by atoms with Gasteiger partial charge in [-0.2, -0.15) is 0 Å². The van der Waals surface area contributed by atoms with Crippen molar-refractivity contribution >= 4 is 0 Å². The summed E-state index contributed by atoms with van der Waals surface area (Å²) in [6.07, 6.45) is -9.72. The molecular formula is C12H22O10. The van der Waals surface area contributed by atoms with Crippen LogP contribution in [0.1, 0.15) is 6.42 Å². The molecule has 0 radical (unpaired) electrons. The highest BCUT2D eigenvalue weighted by atomic mass is 16.8. The predicted octanol–water partition coefficient (Wildman–Crippen LogP) is -4.37. The number of aliphatic hydroxyl groups excluding tert-OH is 7. The minimum absolute atomic E-state index is 0.00547. The average molecular weight is 326 g/mol. The Morgan fingerprint density at radius 1 is 0.955 bits per heavy atom. The van der Waals surface area contributed by atoms with Crippen LogP contribution in [0.4, 0.5) is 0 Å². The van der Waals surface area contributed by atoms with Gasteiger partial charge in [-0.25, -0.2) is 0 Å². The molecule has 2 fully saturated rings. The van der Waals surface area contributed by atoms with Gasteiger partial charge in [-0.05, 0) is 0 Å². The molecule has 2 heterocycles. The van der Waals surface area contributed by atoms with Crippen molar-refractivity contribution in [3.63, 3.8) is 0 Å². The van der Waals surface area contributed by atoms with Gasteiger partial charge in [0.2, 0.25) is 5.79 Å². The lowest BCUT2D eigenvalue weighted by Gasteiger charge is -2.43. The van der Waals surface area contributed by atoms with Gasteiger partial charge in [0.15, 0.2) is 6.29 Å². The Kier molecular flexibility index (Phi) is 5.72. The third-order valence-electron chi connectivity index (χ3n) is 3.95. The Balaban J connectivity index is 2.13. The maximum atomic E-state index is 9.98. The molecule has 130 valence electrons. The SMILES string of the molecule is OCC1OC(O[C@]2(CO)O[C@H](CO)C[C@@H]2O)C(O)C(O)C1O.